The van der Waals surface area contributed by atoms with Crippen molar-refractivity contribution >= 4 is 28.9 Å². The number of nitrogens with one attached hydrogen (secondary N) is 2. The van der Waals surface area contributed by atoms with Crippen LogP contribution in [0.25, 0.3) is 0 Å². The summed E-state index contributed by atoms with van der Waals surface area (Å²) in [5.74, 6) is 2.03. The van der Waals surface area contributed by atoms with Gasteiger partial charge in [0.15, 0.2) is 5.82 Å². The lowest BCUT2D eigenvalue weighted by atomic mass is 10.3. The van der Waals surface area contributed by atoms with Crippen LogP contribution in [0.15, 0.2) is 30.3 Å². The minimum Gasteiger partial charge on any atom is -0.377 e. The van der Waals surface area contributed by atoms with Crippen molar-refractivity contribution in [3.05, 3.63) is 41.2 Å². The molecule has 0 spiro atoms. The lowest BCUT2D eigenvalue weighted by Gasteiger charge is -2.09. The van der Waals surface area contributed by atoms with Crippen molar-refractivity contribution in [3.8, 4) is 0 Å². The average Bonchev–Trinajstić information content (AvgIpc) is 2.39. The van der Waals surface area contributed by atoms with E-state index in [-0.39, 0.29) is 0 Å². The van der Waals surface area contributed by atoms with Gasteiger partial charge in [0.2, 0.25) is 0 Å². The van der Waals surface area contributed by atoms with Gasteiger partial charge in [-0.3, -0.25) is 0 Å². The van der Waals surface area contributed by atoms with Gasteiger partial charge in [-0.25, -0.2) is 9.97 Å². The smallest absolute Gasteiger partial charge is 0.158 e. The Bertz CT molecular complexity index is 562. The van der Waals surface area contributed by atoms with Gasteiger partial charge in [-0.15, -0.1) is 0 Å². The number of nitrogens with zero attached hydrogens (tertiary/aromatic N) is 2. The Hall–Kier alpha value is -1.85. The predicted octanol–water partition coefficient (Wildman–Crippen LogP) is 3.06. The van der Waals surface area contributed by atoms with Crippen molar-refractivity contribution in [3.63, 3.8) is 0 Å². The molecule has 0 aliphatic heterocycles. The van der Waals surface area contributed by atoms with Crippen LogP contribution in [0.1, 0.15) is 5.82 Å². The maximum Gasteiger partial charge on any atom is 0.158 e. The number of ether oxygens (including phenoxy) is 1. The van der Waals surface area contributed by atoms with Crippen molar-refractivity contribution in [2.45, 2.75) is 6.61 Å². The summed E-state index contributed by atoms with van der Waals surface area (Å²) >= 11 is 5.95. The summed E-state index contributed by atoms with van der Waals surface area (Å²) in [7, 11) is 3.42. The minimum absolute atomic E-state index is 0.361. The number of rotatable bonds is 5. The van der Waals surface area contributed by atoms with Gasteiger partial charge in [-0.1, -0.05) is 17.7 Å². The zero-order chi connectivity index (χ0) is 13.7. The van der Waals surface area contributed by atoms with Gasteiger partial charge >= 0.3 is 0 Å². The summed E-state index contributed by atoms with van der Waals surface area (Å²) in [6, 6.07) is 9.27. The van der Waals surface area contributed by atoms with Gasteiger partial charge in [0.05, 0.1) is 0 Å². The van der Waals surface area contributed by atoms with E-state index in [9.17, 15) is 0 Å². The van der Waals surface area contributed by atoms with Gasteiger partial charge in [-0.05, 0) is 18.2 Å². The number of aromatic nitrogens is 2. The summed E-state index contributed by atoms with van der Waals surface area (Å²) in [4.78, 5) is 8.65. The van der Waals surface area contributed by atoms with Gasteiger partial charge in [0, 0.05) is 30.9 Å². The second kappa shape index (κ2) is 6.36. The van der Waals surface area contributed by atoms with Gasteiger partial charge < -0.3 is 15.4 Å². The molecule has 1 heterocycles. The molecule has 0 bridgehead atoms. The quantitative estimate of drug-likeness (QED) is 0.880. The number of halogens is 1. The third kappa shape index (κ3) is 3.81. The van der Waals surface area contributed by atoms with E-state index >= 15 is 0 Å². The van der Waals surface area contributed by atoms with Crippen LogP contribution in [0.3, 0.4) is 0 Å². The third-order valence-electron chi connectivity index (χ3n) is 2.40. The maximum atomic E-state index is 5.95. The Kier molecular flexibility index (Phi) is 4.54. The van der Waals surface area contributed by atoms with Crippen molar-refractivity contribution in [1.82, 2.24) is 9.97 Å². The molecule has 0 saturated heterocycles. The van der Waals surface area contributed by atoms with Crippen LogP contribution >= 0.6 is 11.6 Å². The van der Waals surface area contributed by atoms with Crippen molar-refractivity contribution in [2.24, 2.45) is 0 Å². The molecule has 6 heteroatoms. The fourth-order valence-corrected chi connectivity index (χ4v) is 1.79. The Morgan fingerprint density at radius 2 is 2.00 bits per heavy atom. The molecule has 2 aromatic rings. The highest BCUT2D eigenvalue weighted by molar-refractivity contribution is 6.30. The number of anilines is 3. The SMILES string of the molecule is CNc1cc(Nc2cccc(Cl)c2)nc(COC)n1. The highest BCUT2D eigenvalue weighted by Gasteiger charge is 2.04. The molecule has 0 amide bonds. The first-order valence-electron chi connectivity index (χ1n) is 5.78. The standard InChI is InChI=1S/C13H15ClN4O/c1-15-11-7-12(18-13(17-11)8-19-2)16-10-5-3-4-9(14)6-10/h3-7H,8H2,1-2H3,(H2,15,16,17,18). The Labute approximate surface area is 117 Å². The van der Waals surface area contributed by atoms with E-state index < -0.39 is 0 Å². The molecule has 100 valence electrons. The molecule has 0 unspecified atom stereocenters. The molecule has 2 N–H and O–H groups in total. The van der Waals surface area contributed by atoms with Crippen molar-refractivity contribution < 1.29 is 4.74 Å². The van der Waals surface area contributed by atoms with E-state index in [1.807, 2.05) is 37.4 Å². The first kappa shape index (κ1) is 13.6. The highest BCUT2D eigenvalue weighted by Crippen LogP contribution is 2.20. The molecule has 1 aromatic heterocycles. The van der Waals surface area contributed by atoms with E-state index in [2.05, 4.69) is 20.6 Å². The topological polar surface area (TPSA) is 59.1 Å². The maximum absolute atomic E-state index is 5.95. The normalized spacial score (nSPS) is 10.3. The third-order valence-corrected chi connectivity index (χ3v) is 2.63. The molecule has 0 aliphatic carbocycles. The van der Waals surface area contributed by atoms with Crippen LogP contribution in [0, 0.1) is 0 Å². The molecule has 0 radical (unpaired) electrons. The summed E-state index contributed by atoms with van der Waals surface area (Å²) in [6.45, 7) is 0.361. The summed E-state index contributed by atoms with van der Waals surface area (Å²) < 4.78 is 5.05. The van der Waals surface area contributed by atoms with Gasteiger partial charge in [0.1, 0.15) is 18.2 Å². The summed E-state index contributed by atoms with van der Waals surface area (Å²) in [5, 5.41) is 6.85. The van der Waals surface area contributed by atoms with E-state index in [1.54, 1.807) is 7.11 Å². The van der Waals surface area contributed by atoms with Crippen LogP contribution in [0.2, 0.25) is 5.02 Å². The highest BCUT2D eigenvalue weighted by atomic mass is 35.5. The van der Waals surface area contributed by atoms with E-state index in [0.717, 1.165) is 11.5 Å². The van der Waals surface area contributed by atoms with Crippen molar-refractivity contribution in [2.75, 3.05) is 24.8 Å². The molecule has 0 fully saturated rings. The van der Waals surface area contributed by atoms with Crippen LogP contribution in [-0.2, 0) is 11.3 Å². The summed E-state index contributed by atoms with van der Waals surface area (Å²) in [5.41, 5.74) is 0.872. The average molecular weight is 279 g/mol. The van der Waals surface area contributed by atoms with Gasteiger partial charge in [0.25, 0.3) is 0 Å². The molecule has 19 heavy (non-hydrogen) atoms. The van der Waals surface area contributed by atoms with Crippen LogP contribution < -0.4 is 10.6 Å². The molecule has 0 aliphatic rings. The van der Waals surface area contributed by atoms with E-state index in [0.29, 0.717) is 23.3 Å². The Morgan fingerprint density at radius 1 is 1.21 bits per heavy atom. The molecular formula is C13H15ClN4O. The molecule has 2 rings (SSSR count). The number of hydrogen-bond donors (Lipinski definition) is 2. The second-order valence-electron chi connectivity index (χ2n) is 3.87. The predicted molar refractivity (Wildman–Crippen MR) is 77.0 cm³/mol. The lowest BCUT2D eigenvalue weighted by Crippen LogP contribution is -2.04. The fraction of sp³-hybridized carbons (Fsp3) is 0.231. The first-order valence-corrected chi connectivity index (χ1v) is 6.16. The molecule has 0 saturated carbocycles. The fourth-order valence-electron chi connectivity index (χ4n) is 1.60. The lowest BCUT2D eigenvalue weighted by molar-refractivity contribution is 0.178. The van der Waals surface area contributed by atoms with Crippen LogP contribution in [0.5, 0.6) is 0 Å². The molecule has 0 atom stereocenters. The monoisotopic (exact) mass is 278 g/mol. The largest absolute Gasteiger partial charge is 0.377 e. The Morgan fingerprint density at radius 3 is 2.68 bits per heavy atom. The summed E-state index contributed by atoms with van der Waals surface area (Å²) in [6.07, 6.45) is 0. The molecular weight excluding hydrogens is 264 g/mol. The van der Waals surface area contributed by atoms with E-state index in [1.165, 1.54) is 0 Å². The number of methoxy groups -OCH3 is 1. The Balaban J connectivity index is 2.26. The van der Waals surface area contributed by atoms with Crippen LogP contribution in [-0.4, -0.2) is 24.1 Å². The van der Waals surface area contributed by atoms with Gasteiger partial charge in [-0.2, -0.15) is 0 Å². The minimum atomic E-state index is 0.361. The number of hydrogen-bond acceptors (Lipinski definition) is 5. The number of benzene rings is 1. The van der Waals surface area contributed by atoms with E-state index in [4.69, 9.17) is 16.3 Å². The first-order chi connectivity index (χ1) is 9.21. The molecule has 5 nitrogen and oxygen atoms in total. The zero-order valence-corrected chi connectivity index (χ0v) is 11.5. The molecule has 1 aromatic carbocycles. The van der Waals surface area contributed by atoms with Crippen molar-refractivity contribution in [1.29, 1.82) is 0 Å². The van der Waals surface area contributed by atoms with Crippen LogP contribution in [0.4, 0.5) is 17.3 Å². The second-order valence-corrected chi connectivity index (χ2v) is 4.31. The zero-order valence-electron chi connectivity index (χ0n) is 10.8.